The van der Waals surface area contributed by atoms with Gasteiger partial charge in [0.15, 0.2) is 4.34 Å². The highest BCUT2D eigenvalue weighted by Crippen LogP contribution is 2.40. The molecule has 0 bridgehead atoms. The van der Waals surface area contributed by atoms with Crippen LogP contribution in [0.1, 0.15) is 24.4 Å². The van der Waals surface area contributed by atoms with E-state index in [1.807, 2.05) is 13.0 Å². The Morgan fingerprint density at radius 3 is 3.05 bits per heavy atom. The van der Waals surface area contributed by atoms with Gasteiger partial charge in [-0.15, -0.1) is 0 Å². The van der Waals surface area contributed by atoms with Crippen molar-refractivity contribution in [3.8, 4) is 0 Å². The number of nitrogens with one attached hydrogen (secondary N) is 1. The van der Waals surface area contributed by atoms with E-state index in [9.17, 15) is 4.79 Å². The van der Waals surface area contributed by atoms with Crippen LogP contribution in [0.2, 0.25) is 5.02 Å². The molecule has 104 valence electrons. The molecule has 0 saturated carbocycles. The van der Waals surface area contributed by atoms with E-state index in [1.54, 1.807) is 6.07 Å². The van der Waals surface area contributed by atoms with Crippen molar-refractivity contribution in [3.05, 3.63) is 28.5 Å². The van der Waals surface area contributed by atoms with Crippen LogP contribution >= 0.6 is 34.9 Å². The number of anilines is 1. The Morgan fingerprint density at radius 2 is 2.35 bits per heavy atom. The standard InChI is InChI=1S/C12H11ClN4OS2/c1-2-9-16-12(20-17-9)19-8-4-7-5(3-6(8)13)10(14)11(18)15-7/h3-4,10H,2,14H2,1H3,(H,15,18). The number of hydrogen-bond acceptors (Lipinski definition) is 6. The second-order valence-electron chi connectivity index (χ2n) is 4.27. The molecule has 2 heterocycles. The molecule has 0 spiro atoms. The number of halogens is 1. The van der Waals surface area contributed by atoms with Gasteiger partial charge in [0.25, 0.3) is 0 Å². The highest BCUT2D eigenvalue weighted by molar-refractivity contribution is 8.01. The van der Waals surface area contributed by atoms with E-state index in [0.29, 0.717) is 5.02 Å². The van der Waals surface area contributed by atoms with Gasteiger partial charge in [0, 0.05) is 22.6 Å². The molecular formula is C12H11ClN4OS2. The summed E-state index contributed by atoms with van der Waals surface area (Å²) >= 11 is 9.04. The molecule has 0 fully saturated rings. The quantitative estimate of drug-likeness (QED) is 0.906. The molecule has 0 radical (unpaired) electrons. The maximum atomic E-state index is 11.5. The first-order valence-electron chi connectivity index (χ1n) is 5.98. The van der Waals surface area contributed by atoms with Gasteiger partial charge < -0.3 is 11.1 Å². The summed E-state index contributed by atoms with van der Waals surface area (Å²) in [6.45, 7) is 2.01. The SMILES string of the molecule is CCc1nsc(Sc2cc3c(cc2Cl)C(N)C(=O)N3)n1. The smallest absolute Gasteiger partial charge is 0.245 e. The van der Waals surface area contributed by atoms with Gasteiger partial charge in [-0.2, -0.15) is 4.37 Å². The first kappa shape index (κ1) is 13.8. The highest BCUT2D eigenvalue weighted by atomic mass is 35.5. The Kier molecular flexibility index (Phi) is 3.68. The summed E-state index contributed by atoms with van der Waals surface area (Å²) < 4.78 is 5.06. The van der Waals surface area contributed by atoms with E-state index in [-0.39, 0.29) is 5.91 Å². The maximum absolute atomic E-state index is 11.5. The lowest BCUT2D eigenvalue weighted by atomic mass is 10.1. The lowest BCUT2D eigenvalue weighted by Crippen LogP contribution is -2.19. The zero-order chi connectivity index (χ0) is 14.3. The van der Waals surface area contributed by atoms with Crippen LogP contribution < -0.4 is 11.1 Å². The van der Waals surface area contributed by atoms with Crippen LogP contribution in [-0.4, -0.2) is 15.3 Å². The Bertz CT molecular complexity index is 688. The van der Waals surface area contributed by atoms with Crippen LogP contribution in [0.3, 0.4) is 0 Å². The number of rotatable bonds is 3. The van der Waals surface area contributed by atoms with Gasteiger partial charge in [-0.25, -0.2) is 4.98 Å². The fourth-order valence-electron chi connectivity index (χ4n) is 1.88. The van der Waals surface area contributed by atoms with Crippen LogP contribution in [-0.2, 0) is 11.2 Å². The highest BCUT2D eigenvalue weighted by Gasteiger charge is 2.28. The number of aryl methyl sites for hydroxylation is 1. The van der Waals surface area contributed by atoms with E-state index in [2.05, 4.69) is 14.7 Å². The second kappa shape index (κ2) is 5.33. The lowest BCUT2D eigenvalue weighted by Gasteiger charge is -2.06. The van der Waals surface area contributed by atoms with Crippen LogP contribution in [0.25, 0.3) is 0 Å². The molecular weight excluding hydrogens is 316 g/mol. The molecule has 2 aromatic rings. The number of benzene rings is 1. The largest absolute Gasteiger partial charge is 0.324 e. The molecule has 5 nitrogen and oxygen atoms in total. The van der Waals surface area contributed by atoms with Gasteiger partial charge in [-0.05, 0) is 23.7 Å². The van der Waals surface area contributed by atoms with Gasteiger partial charge in [0.2, 0.25) is 5.91 Å². The zero-order valence-corrected chi connectivity index (χ0v) is 12.9. The first-order chi connectivity index (χ1) is 9.58. The molecule has 8 heteroatoms. The van der Waals surface area contributed by atoms with Gasteiger partial charge >= 0.3 is 0 Å². The second-order valence-corrected chi connectivity index (χ2v) is 6.72. The Balaban J connectivity index is 1.91. The minimum Gasteiger partial charge on any atom is -0.324 e. The molecule has 0 saturated heterocycles. The summed E-state index contributed by atoms with van der Waals surface area (Å²) in [5.41, 5.74) is 7.23. The van der Waals surface area contributed by atoms with Crippen LogP contribution in [0, 0.1) is 0 Å². The van der Waals surface area contributed by atoms with Crippen molar-refractivity contribution in [1.82, 2.24) is 9.36 Å². The number of carbonyl (C=O) groups is 1. The summed E-state index contributed by atoms with van der Waals surface area (Å²) in [6, 6.07) is 2.93. The molecule has 1 unspecified atom stereocenters. The number of nitrogens with two attached hydrogens (primary N) is 1. The van der Waals surface area contributed by atoms with Crippen LogP contribution in [0.4, 0.5) is 5.69 Å². The number of aromatic nitrogens is 2. The summed E-state index contributed by atoms with van der Waals surface area (Å²) in [5.74, 6) is 0.618. The minimum absolute atomic E-state index is 0.206. The van der Waals surface area contributed by atoms with E-state index >= 15 is 0 Å². The fourth-order valence-corrected chi connectivity index (χ4v) is 3.87. The van der Waals surface area contributed by atoms with Crippen molar-refractivity contribution in [2.75, 3.05) is 5.32 Å². The number of hydrogen-bond donors (Lipinski definition) is 2. The molecule has 20 heavy (non-hydrogen) atoms. The van der Waals surface area contributed by atoms with Gasteiger partial charge in [0.05, 0.1) is 5.02 Å². The molecule has 1 aromatic carbocycles. The fraction of sp³-hybridized carbons (Fsp3) is 0.250. The normalized spacial score (nSPS) is 17.1. The van der Waals surface area contributed by atoms with Crippen molar-refractivity contribution in [2.45, 2.75) is 28.6 Å². The van der Waals surface area contributed by atoms with Crippen molar-refractivity contribution in [1.29, 1.82) is 0 Å². The third kappa shape index (κ3) is 2.42. The third-order valence-corrected chi connectivity index (χ3v) is 5.21. The van der Waals surface area contributed by atoms with Crippen molar-refractivity contribution >= 4 is 46.5 Å². The number of nitrogens with zero attached hydrogens (tertiary/aromatic N) is 2. The molecule has 1 aromatic heterocycles. The van der Waals surface area contributed by atoms with Gasteiger partial charge in [-0.3, -0.25) is 4.79 Å². The van der Waals surface area contributed by atoms with E-state index in [4.69, 9.17) is 17.3 Å². The predicted octanol–water partition coefficient (Wildman–Crippen LogP) is 2.86. The average molecular weight is 327 g/mol. The van der Waals surface area contributed by atoms with Crippen molar-refractivity contribution < 1.29 is 4.79 Å². The monoisotopic (exact) mass is 326 g/mol. The number of carbonyl (C=O) groups excluding carboxylic acids is 1. The Hall–Kier alpha value is -1.15. The van der Waals surface area contributed by atoms with Crippen LogP contribution in [0.5, 0.6) is 0 Å². The molecule has 0 aliphatic carbocycles. The molecule has 1 aliphatic rings. The van der Waals surface area contributed by atoms with Gasteiger partial charge in [-0.1, -0.05) is 30.3 Å². The molecule has 1 atom stereocenters. The van der Waals surface area contributed by atoms with Crippen molar-refractivity contribution in [3.63, 3.8) is 0 Å². The molecule has 3 N–H and O–H groups in total. The number of fused-ring (bicyclic) bond motifs is 1. The zero-order valence-electron chi connectivity index (χ0n) is 10.5. The summed E-state index contributed by atoms with van der Waals surface area (Å²) in [4.78, 5) is 16.8. The van der Waals surface area contributed by atoms with Gasteiger partial charge in [0.1, 0.15) is 11.9 Å². The summed E-state index contributed by atoms with van der Waals surface area (Å²) in [7, 11) is 0. The predicted molar refractivity (Wildman–Crippen MR) is 80.4 cm³/mol. The van der Waals surface area contributed by atoms with E-state index < -0.39 is 6.04 Å². The summed E-state index contributed by atoms with van der Waals surface area (Å²) in [6.07, 6.45) is 0.805. The van der Waals surface area contributed by atoms with E-state index in [0.717, 1.165) is 32.7 Å². The van der Waals surface area contributed by atoms with Crippen molar-refractivity contribution in [2.24, 2.45) is 5.73 Å². The lowest BCUT2D eigenvalue weighted by molar-refractivity contribution is -0.116. The topological polar surface area (TPSA) is 80.9 Å². The molecule has 1 aliphatic heterocycles. The average Bonchev–Trinajstić information content (AvgIpc) is 2.98. The Labute approximate surface area is 129 Å². The summed E-state index contributed by atoms with van der Waals surface area (Å²) in [5, 5.41) is 3.31. The van der Waals surface area contributed by atoms with Crippen LogP contribution in [0.15, 0.2) is 21.4 Å². The van der Waals surface area contributed by atoms with E-state index in [1.165, 1.54) is 23.3 Å². The molecule has 3 rings (SSSR count). The third-order valence-electron chi connectivity index (χ3n) is 2.94. The Morgan fingerprint density at radius 1 is 1.55 bits per heavy atom. The molecule has 1 amide bonds. The minimum atomic E-state index is -0.644. The number of amides is 1. The first-order valence-corrected chi connectivity index (χ1v) is 7.95. The maximum Gasteiger partial charge on any atom is 0.245 e.